The first-order valence-electron chi connectivity index (χ1n) is 7.79. The number of rotatable bonds is 5. The van der Waals surface area contributed by atoms with Gasteiger partial charge in [-0.05, 0) is 23.1 Å². The first-order valence-corrected chi connectivity index (χ1v) is 7.79. The summed E-state index contributed by atoms with van der Waals surface area (Å²) in [4.78, 5) is 11.9. The van der Waals surface area contributed by atoms with E-state index in [1.807, 2.05) is 12.1 Å². The Morgan fingerprint density at radius 1 is 1.36 bits per heavy atom. The zero-order chi connectivity index (χ0) is 16.0. The summed E-state index contributed by atoms with van der Waals surface area (Å²) in [6.07, 6.45) is 0. The van der Waals surface area contributed by atoms with E-state index < -0.39 is 0 Å². The fourth-order valence-corrected chi connectivity index (χ4v) is 2.25. The number of amides is 1. The van der Waals surface area contributed by atoms with Gasteiger partial charge in [0.05, 0.1) is 19.8 Å². The van der Waals surface area contributed by atoms with Crippen LogP contribution in [-0.2, 0) is 14.9 Å². The van der Waals surface area contributed by atoms with Crippen molar-refractivity contribution in [2.75, 3.05) is 32.9 Å². The molecule has 2 rings (SSSR count). The number of morpholine rings is 1. The van der Waals surface area contributed by atoms with Crippen molar-refractivity contribution in [1.82, 2.24) is 10.6 Å². The van der Waals surface area contributed by atoms with Crippen LogP contribution in [0.5, 0.6) is 5.75 Å². The van der Waals surface area contributed by atoms with Crippen LogP contribution in [0.4, 0.5) is 0 Å². The van der Waals surface area contributed by atoms with Crippen molar-refractivity contribution in [3.63, 3.8) is 0 Å². The highest BCUT2D eigenvalue weighted by Crippen LogP contribution is 2.24. The van der Waals surface area contributed by atoms with Crippen LogP contribution in [0.2, 0.25) is 0 Å². The number of hydrogen-bond acceptors (Lipinski definition) is 4. The monoisotopic (exact) mass is 306 g/mol. The number of nitrogens with one attached hydrogen (secondary N) is 2. The van der Waals surface area contributed by atoms with Crippen LogP contribution in [0.1, 0.15) is 26.3 Å². The molecule has 1 aromatic rings. The van der Waals surface area contributed by atoms with Crippen LogP contribution in [0.25, 0.3) is 0 Å². The molecule has 1 atom stereocenters. The predicted molar refractivity (Wildman–Crippen MR) is 86.3 cm³/mol. The van der Waals surface area contributed by atoms with Gasteiger partial charge < -0.3 is 20.1 Å². The Morgan fingerprint density at radius 3 is 2.68 bits per heavy atom. The second kappa shape index (κ2) is 7.61. The number of carbonyl (C=O) groups is 1. The molecule has 1 fully saturated rings. The van der Waals surface area contributed by atoms with Gasteiger partial charge in [0.2, 0.25) is 5.91 Å². The molecule has 5 nitrogen and oxygen atoms in total. The largest absolute Gasteiger partial charge is 0.492 e. The van der Waals surface area contributed by atoms with Gasteiger partial charge in [-0.25, -0.2) is 0 Å². The fourth-order valence-electron chi connectivity index (χ4n) is 2.25. The van der Waals surface area contributed by atoms with Crippen LogP contribution in [0, 0.1) is 0 Å². The Hall–Kier alpha value is -1.59. The van der Waals surface area contributed by atoms with Crippen molar-refractivity contribution in [2.45, 2.75) is 32.2 Å². The smallest absolute Gasteiger partial charge is 0.239 e. The quantitative estimate of drug-likeness (QED) is 0.809. The molecule has 0 aliphatic carbocycles. The molecular weight excluding hydrogens is 280 g/mol. The van der Waals surface area contributed by atoms with Gasteiger partial charge in [0.25, 0.3) is 0 Å². The lowest BCUT2D eigenvalue weighted by Gasteiger charge is -2.22. The van der Waals surface area contributed by atoms with Crippen molar-refractivity contribution in [3.8, 4) is 5.75 Å². The van der Waals surface area contributed by atoms with Gasteiger partial charge in [0, 0.05) is 6.54 Å². The molecule has 0 bridgehead atoms. The van der Waals surface area contributed by atoms with Crippen molar-refractivity contribution in [1.29, 1.82) is 0 Å². The van der Waals surface area contributed by atoms with Crippen molar-refractivity contribution in [2.24, 2.45) is 0 Å². The van der Waals surface area contributed by atoms with Crippen molar-refractivity contribution in [3.05, 3.63) is 29.8 Å². The molecule has 122 valence electrons. The molecular formula is C17H26N2O3. The molecule has 0 spiro atoms. The molecule has 5 heteroatoms. The van der Waals surface area contributed by atoms with Crippen LogP contribution in [-0.4, -0.2) is 44.9 Å². The maximum Gasteiger partial charge on any atom is 0.239 e. The first-order chi connectivity index (χ1) is 10.5. The summed E-state index contributed by atoms with van der Waals surface area (Å²) in [6.45, 7) is 9.30. The third kappa shape index (κ3) is 5.00. The molecule has 0 aromatic heterocycles. The molecule has 2 N–H and O–H groups in total. The van der Waals surface area contributed by atoms with Gasteiger partial charge in [-0.15, -0.1) is 0 Å². The number of benzene rings is 1. The lowest BCUT2D eigenvalue weighted by atomic mass is 9.87. The summed E-state index contributed by atoms with van der Waals surface area (Å²) < 4.78 is 10.9. The highest BCUT2D eigenvalue weighted by Gasteiger charge is 2.20. The summed E-state index contributed by atoms with van der Waals surface area (Å²) in [5.41, 5.74) is 1.42. The maximum atomic E-state index is 11.9. The highest BCUT2D eigenvalue weighted by atomic mass is 16.5. The van der Waals surface area contributed by atoms with E-state index in [4.69, 9.17) is 9.47 Å². The Morgan fingerprint density at radius 2 is 2.09 bits per heavy atom. The molecule has 22 heavy (non-hydrogen) atoms. The second-order valence-corrected chi connectivity index (χ2v) is 6.50. The van der Waals surface area contributed by atoms with Crippen LogP contribution < -0.4 is 15.4 Å². The topological polar surface area (TPSA) is 59.6 Å². The average Bonchev–Trinajstić information content (AvgIpc) is 2.52. The van der Waals surface area contributed by atoms with Gasteiger partial charge in [0.1, 0.15) is 18.4 Å². The molecule has 1 heterocycles. The Balaban J connectivity index is 1.69. The highest BCUT2D eigenvalue weighted by molar-refractivity contribution is 5.81. The molecule has 1 saturated heterocycles. The number of ether oxygens (including phenoxy) is 2. The van der Waals surface area contributed by atoms with E-state index in [-0.39, 0.29) is 17.4 Å². The van der Waals surface area contributed by atoms with Gasteiger partial charge in [0.15, 0.2) is 0 Å². The third-order valence-electron chi connectivity index (χ3n) is 3.63. The van der Waals surface area contributed by atoms with E-state index >= 15 is 0 Å². The minimum absolute atomic E-state index is 0.0358. The second-order valence-electron chi connectivity index (χ2n) is 6.50. The van der Waals surface area contributed by atoms with E-state index in [1.54, 1.807) is 0 Å². The summed E-state index contributed by atoms with van der Waals surface area (Å²) in [7, 11) is 0. The van der Waals surface area contributed by atoms with E-state index in [2.05, 4.69) is 43.5 Å². The SMILES string of the molecule is CC(C)(C)c1ccc(OCCNC(=O)C2COCCN2)cc1. The Bertz CT molecular complexity index is 474. The van der Waals surface area contributed by atoms with E-state index in [0.29, 0.717) is 32.9 Å². The van der Waals surface area contributed by atoms with Gasteiger partial charge >= 0.3 is 0 Å². The van der Waals surface area contributed by atoms with Gasteiger partial charge in [-0.1, -0.05) is 32.9 Å². The van der Waals surface area contributed by atoms with E-state index in [0.717, 1.165) is 5.75 Å². The van der Waals surface area contributed by atoms with Crippen LogP contribution in [0.3, 0.4) is 0 Å². The first kappa shape index (κ1) is 16.8. The zero-order valence-corrected chi connectivity index (χ0v) is 13.6. The third-order valence-corrected chi connectivity index (χ3v) is 3.63. The molecule has 0 radical (unpaired) electrons. The molecule has 0 saturated carbocycles. The summed E-state index contributed by atoms with van der Waals surface area (Å²) in [5, 5.41) is 5.97. The maximum absolute atomic E-state index is 11.9. The van der Waals surface area contributed by atoms with Crippen molar-refractivity contribution < 1.29 is 14.3 Å². The molecule has 1 aromatic carbocycles. The van der Waals surface area contributed by atoms with Gasteiger partial charge in [-0.3, -0.25) is 4.79 Å². The van der Waals surface area contributed by atoms with Crippen LogP contribution >= 0.6 is 0 Å². The minimum Gasteiger partial charge on any atom is -0.492 e. The van der Waals surface area contributed by atoms with Gasteiger partial charge in [-0.2, -0.15) is 0 Å². The number of hydrogen-bond donors (Lipinski definition) is 2. The van der Waals surface area contributed by atoms with E-state index in [1.165, 1.54) is 5.56 Å². The predicted octanol–water partition coefficient (Wildman–Crippen LogP) is 1.47. The van der Waals surface area contributed by atoms with E-state index in [9.17, 15) is 4.79 Å². The Kier molecular flexibility index (Phi) is 5.80. The average molecular weight is 306 g/mol. The molecule has 1 amide bonds. The zero-order valence-electron chi connectivity index (χ0n) is 13.6. The normalized spacial score (nSPS) is 18.8. The van der Waals surface area contributed by atoms with Crippen LogP contribution in [0.15, 0.2) is 24.3 Å². The fraction of sp³-hybridized carbons (Fsp3) is 0.588. The number of carbonyl (C=O) groups excluding carboxylic acids is 1. The molecule has 1 aliphatic heterocycles. The lowest BCUT2D eigenvalue weighted by molar-refractivity contribution is -0.126. The standard InChI is InChI=1S/C17H26N2O3/c1-17(2,3)13-4-6-14(7-5-13)22-11-9-19-16(20)15-12-21-10-8-18-15/h4-7,15,18H,8-12H2,1-3H3,(H,19,20). The summed E-state index contributed by atoms with van der Waals surface area (Å²) in [6, 6.07) is 7.85. The minimum atomic E-state index is -0.250. The summed E-state index contributed by atoms with van der Waals surface area (Å²) >= 11 is 0. The molecule has 1 aliphatic rings. The summed E-state index contributed by atoms with van der Waals surface area (Å²) in [5.74, 6) is 0.785. The molecule has 1 unspecified atom stereocenters. The van der Waals surface area contributed by atoms with Crippen molar-refractivity contribution >= 4 is 5.91 Å². The Labute approximate surface area is 132 Å². The lowest BCUT2D eigenvalue weighted by Crippen LogP contribution is -2.51.